The van der Waals surface area contributed by atoms with Crippen LogP contribution in [-0.4, -0.2) is 50.8 Å². The number of amides is 1. The zero-order valence-electron chi connectivity index (χ0n) is 15.4. The number of hydrogen-bond acceptors (Lipinski definition) is 5. The Hall–Kier alpha value is -1.48. The average Bonchev–Trinajstić information content (AvgIpc) is 2.68. The molecule has 2 rings (SSSR count). The van der Waals surface area contributed by atoms with Gasteiger partial charge in [-0.15, -0.1) is 11.8 Å². The summed E-state index contributed by atoms with van der Waals surface area (Å²) in [7, 11) is -2.25. The third-order valence-corrected chi connectivity index (χ3v) is 7.41. The van der Waals surface area contributed by atoms with Gasteiger partial charge in [-0.3, -0.25) is 4.79 Å². The van der Waals surface area contributed by atoms with Crippen LogP contribution in [0, 0.1) is 0 Å². The highest BCUT2D eigenvalue weighted by Gasteiger charge is 2.22. The van der Waals surface area contributed by atoms with Crippen LogP contribution in [0.3, 0.4) is 0 Å². The van der Waals surface area contributed by atoms with Gasteiger partial charge in [-0.05, 0) is 36.1 Å². The second-order valence-electron chi connectivity index (χ2n) is 5.82. The van der Waals surface area contributed by atoms with E-state index in [-0.39, 0.29) is 17.3 Å². The Kier molecular flexibility index (Phi) is 8.69. The van der Waals surface area contributed by atoms with Crippen molar-refractivity contribution in [2.24, 2.45) is 0 Å². The van der Waals surface area contributed by atoms with Crippen LogP contribution in [0.4, 0.5) is 0 Å². The number of rotatable bonds is 10. The number of carbonyl (C=O) groups is 1. The van der Waals surface area contributed by atoms with Crippen LogP contribution < -0.4 is 5.32 Å². The van der Waals surface area contributed by atoms with Crippen molar-refractivity contribution in [3.05, 3.63) is 60.2 Å². The zero-order valence-corrected chi connectivity index (χ0v) is 17.9. The van der Waals surface area contributed by atoms with Gasteiger partial charge in [0, 0.05) is 30.0 Å². The van der Waals surface area contributed by atoms with Gasteiger partial charge >= 0.3 is 0 Å². The van der Waals surface area contributed by atoms with Gasteiger partial charge in [0.05, 0.1) is 11.4 Å². The second-order valence-corrected chi connectivity index (χ2v) is 9.85. The van der Waals surface area contributed by atoms with E-state index in [0.29, 0.717) is 6.54 Å². The van der Waals surface area contributed by atoms with Crippen LogP contribution in [0.5, 0.6) is 0 Å². The van der Waals surface area contributed by atoms with E-state index >= 15 is 0 Å². The van der Waals surface area contributed by atoms with E-state index in [0.717, 1.165) is 20.7 Å². The lowest BCUT2D eigenvalue weighted by atomic mass is 10.2. The molecule has 1 amide bonds. The van der Waals surface area contributed by atoms with Crippen LogP contribution in [0.2, 0.25) is 0 Å². The first kappa shape index (κ1) is 21.8. The van der Waals surface area contributed by atoms with E-state index < -0.39 is 10.0 Å². The Bertz CT molecular complexity index is 825. The number of carbonyl (C=O) groups excluding carboxylic acids is 1. The highest BCUT2D eigenvalue weighted by atomic mass is 32.2. The predicted octanol–water partition coefficient (Wildman–Crippen LogP) is 3.08. The lowest BCUT2D eigenvalue weighted by molar-refractivity contribution is -0.121. The van der Waals surface area contributed by atoms with Crippen molar-refractivity contribution in [3.63, 3.8) is 0 Å². The molecule has 0 aliphatic carbocycles. The number of likely N-dealkylation sites (N-methyl/N-ethyl adjacent to an activating group) is 1. The van der Waals surface area contributed by atoms with Crippen molar-refractivity contribution < 1.29 is 13.2 Å². The van der Waals surface area contributed by atoms with Crippen molar-refractivity contribution in [2.75, 3.05) is 32.1 Å². The molecule has 27 heavy (non-hydrogen) atoms. The summed E-state index contributed by atoms with van der Waals surface area (Å²) in [5.74, 6) is 1.35. The number of sulfonamides is 1. The van der Waals surface area contributed by atoms with Crippen molar-refractivity contribution >= 4 is 39.5 Å². The van der Waals surface area contributed by atoms with E-state index in [9.17, 15) is 13.2 Å². The highest BCUT2D eigenvalue weighted by Crippen LogP contribution is 2.19. The molecule has 2 aromatic carbocycles. The number of nitrogens with one attached hydrogen (secondary N) is 1. The smallest absolute Gasteiger partial charge is 0.243 e. The molecule has 0 bridgehead atoms. The average molecular weight is 425 g/mol. The maximum Gasteiger partial charge on any atom is 0.243 e. The molecule has 0 aromatic heterocycles. The Morgan fingerprint density at radius 2 is 1.74 bits per heavy atom. The first-order valence-electron chi connectivity index (χ1n) is 8.42. The molecule has 0 unspecified atom stereocenters. The molecule has 1 N–H and O–H groups in total. The maximum atomic E-state index is 12.5. The third-order valence-electron chi connectivity index (χ3n) is 3.81. The standard InChI is InChI=1S/C19H24N2O3S3/c1-21(27(23,24)18-10-8-17(25-2)9-11-18)14-19(22)20-12-13-26-15-16-6-4-3-5-7-16/h3-11H,12-15H2,1-2H3,(H,20,22). The summed E-state index contributed by atoms with van der Waals surface area (Å²) >= 11 is 3.27. The molecule has 146 valence electrons. The van der Waals surface area contributed by atoms with Gasteiger partial charge in [-0.2, -0.15) is 16.1 Å². The van der Waals surface area contributed by atoms with Crippen molar-refractivity contribution in [3.8, 4) is 0 Å². The summed E-state index contributed by atoms with van der Waals surface area (Å²) in [6, 6.07) is 16.8. The first-order chi connectivity index (χ1) is 12.9. The van der Waals surface area contributed by atoms with E-state index in [4.69, 9.17) is 0 Å². The van der Waals surface area contributed by atoms with Crippen molar-refractivity contribution in [2.45, 2.75) is 15.5 Å². The molecule has 0 saturated carbocycles. The van der Waals surface area contributed by atoms with Gasteiger partial charge in [-0.25, -0.2) is 8.42 Å². The zero-order chi connectivity index (χ0) is 19.7. The van der Waals surface area contributed by atoms with Crippen molar-refractivity contribution in [1.29, 1.82) is 0 Å². The van der Waals surface area contributed by atoms with Gasteiger partial charge in [0.2, 0.25) is 15.9 Å². The Labute approximate surface area is 170 Å². The Morgan fingerprint density at radius 3 is 2.37 bits per heavy atom. The summed E-state index contributed by atoms with van der Waals surface area (Å²) < 4.78 is 26.1. The molecule has 0 atom stereocenters. The van der Waals surface area contributed by atoms with Crippen LogP contribution in [0.25, 0.3) is 0 Å². The number of benzene rings is 2. The molecule has 0 radical (unpaired) electrons. The first-order valence-corrected chi connectivity index (χ1v) is 12.2. The van der Waals surface area contributed by atoms with Crippen LogP contribution in [0.15, 0.2) is 64.4 Å². The molecule has 0 heterocycles. The molecular weight excluding hydrogens is 400 g/mol. The quantitative estimate of drug-likeness (QED) is 0.469. The normalized spacial score (nSPS) is 11.5. The Balaban J connectivity index is 1.75. The van der Waals surface area contributed by atoms with Gasteiger partial charge in [0.15, 0.2) is 0 Å². The van der Waals surface area contributed by atoms with Crippen LogP contribution in [-0.2, 0) is 20.6 Å². The third kappa shape index (κ3) is 6.88. The highest BCUT2D eigenvalue weighted by molar-refractivity contribution is 7.98. The van der Waals surface area contributed by atoms with Gasteiger partial charge in [0.1, 0.15) is 0 Å². The number of nitrogens with zero attached hydrogens (tertiary/aromatic N) is 1. The summed E-state index contributed by atoms with van der Waals surface area (Å²) in [6.07, 6.45) is 1.93. The lowest BCUT2D eigenvalue weighted by Crippen LogP contribution is -2.39. The molecule has 5 nitrogen and oxygen atoms in total. The van der Waals surface area contributed by atoms with Gasteiger partial charge in [-0.1, -0.05) is 30.3 Å². The fourth-order valence-corrected chi connectivity index (χ4v) is 4.65. The molecule has 0 aliphatic heterocycles. The largest absolute Gasteiger partial charge is 0.354 e. The minimum Gasteiger partial charge on any atom is -0.354 e. The van der Waals surface area contributed by atoms with E-state index in [1.54, 1.807) is 47.8 Å². The fraction of sp³-hybridized carbons (Fsp3) is 0.316. The molecule has 0 fully saturated rings. The van der Waals surface area contributed by atoms with Crippen molar-refractivity contribution in [1.82, 2.24) is 9.62 Å². The van der Waals surface area contributed by atoms with E-state index in [2.05, 4.69) is 17.4 Å². The summed E-state index contributed by atoms with van der Waals surface area (Å²) in [5, 5.41) is 2.77. The van der Waals surface area contributed by atoms with E-state index in [1.807, 2.05) is 24.5 Å². The SMILES string of the molecule is CSc1ccc(S(=O)(=O)N(C)CC(=O)NCCSCc2ccccc2)cc1. The molecule has 0 spiro atoms. The van der Waals surface area contributed by atoms with Crippen LogP contribution >= 0.6 is 23.5 Å². The number of thioether (sulfide) groups is 2. The summed E-state index contributed by atoms with van der Waals surface area (Å²) in [6.45, 7) is 0.308. The maximum absolute atomic E-state index is 12.5. The second kappa shape index (κ2) is 10.8. The summed E-state index contributed by atoms with van der Waals surface area (Å²) in [4.78, 5) is 13.2. The van der Waals surface area contributed by atoms with Gasteiger partial charge < -0.3 is 5.32 Å². The minimum atomic E-state index is -3.67. The molecular formula is C19H24N2O3S3. The minimum absolute atomic E-state index is 0.189. The predicted molar refractivity (Wildman–Crippen MR) is 114 cm³/mol. The summed E-state index contributed by atoms with van der Waals surface area (Å²) in [5.41, 5.74) is 1.24. The molecule has 0 saturated heterocycles. The van der Waals surface area contributed by atoms with Gasteiger partial charge in [0.25, 0.3) is 0 Å². The lowest BCUT2D eigenvalue weighted by Gasteiger charge is -2.17. The monoisotopic (exact) mass is 424 g/mol. The molecule has 8 heteroatoms. The fourth-order valence-electron chi connectivity index (χ4n) is 2.30. The number of hydrogen-bond donors (Lipinski definition) is 1. The molecule has 0 aliphatic rings. The van der Waals surface area contributed by atoms with Crippen LogP contribution in [0.1, 0.15) is 5.56 Å². The van der Waals surface area contributed by atoms with E-state index in [1.165, 1.54) is 12.6 Å². The topological polar surface area (TPSA) is 66.5 Å². The Morgan fingerprint density at radius 1 is 1.07 bits per heavy atom. The molecule has 2 aromatic rings.